The van der Waals surface area contributed by atoms with Gasteiger partial charge < -0.3 is 9.15 Å². The van der Waals surface area contributed by atoms with Crippen molar-refractivity contribution in [3.63, 3.8) is 0 Å². The topological polar surface area (TPSA) is 117 Å². The number of thiazole rings is 1. The quantitative estimate of drug-likeness (QED) is 0.186. The number of carbonyl (C=O) groups is 1. The highest BCUT2D eigenvalue weighted by molar-refractivity contribution is 7.07. The molecule has 2 aromatic heterocycles. The predicted octanol–water partition coefficient (Wildman–Crippen LogP) is 4.93. The number of ether oxygens (including phenoxy) is 1. The Labute approximate surface area is 231 Å². The summed E-state index contributed by atoms with van der Waals surface area (Å²) in [7, 11) is 0. The first-order valence-electron chi connectivity index (χ1n) is 12.0. The highest BCUT2D eigenvalue weighted by atomic mass is 35.5. The molecule has 5 rings (SSSR count). The van der Waals surface area contributed by atoms with Gasteiger partial charge >= 0.3 is 5.97 Å². The van der Waals surface area contributed by atoms with Crippen LogP contribution in [-0.4, -0.2) is 22.1 Å². The number of allylic oxidation sites excluding steroid dienone is 1. The normalized spacial score (nSPS) is 15.2. The minimum atomic E-state index is -0.700. The molecule has 0 radical (unpaired) electrons. The number of non-ortho nitro benzene ring substituents is 1. The molecule has 0 saturated carbocycles. The molecule has 0 unspecified atom stereocenters. The average molecular weight is 564 g/mol. The van der Waals surface area contributed by atoms with Crippen molar-refractivity contribution < 1.29 is 18.9 Å². The number of hydrogen-bond acceptors (Lipinski definition) is 8. The third-order valence-electron chi connectivity index (χ3n) is 6.24. The highest BCUT2D eigenvalue weighted by Crippen LogP contribution is 2.33. The van der Waals surface area contributed by atoms with Crippen LogP contribution in [0.3, 0.4) is 0 Å². The molecule has 0 saturated heterocycles. The predicted molar refractivity (Wildman–Crippen MR) is 147 cm³/mol. The van der Waals surface area contributed by atoms with Gasteiger partial charge in [-0.25, -0.2) is 9.79 Å². The average Bonchev–Trinajstić information content (AvgIpc) is 3.48. The van der Waals surface area contributed by atoms with Crippen LogP contribution in [-0.2, 0) is 9.53 Å². The van der Waals surface area contributed by atoms with E-state index in [4.69, 9.17) is 20.8 Å². The van der Waals surface area contributed by atoms with Crippen molar-refractivity contribution in [3.8, 4) is 11.3 Å². The van der Waals surface area contributed by atoms with Gasteiger partial charge in [-0.1, -0.05) is 52.8 Å². The molecule has 0 amide bonds. The number of hydrogen-bond donors (Lipinski definition) is 0. The fourth-order valence-corrected chi connectivity index (χ4v) is 5.67. The fourth-order valence-electron chi connectivity index (χ4n) is 4.38. The number of nitrogens with zero attached hydrogens (tertiary/aromatic N) is 3. The Morgan fingerprint density at radius 3 is 2.62 bits per heavy atom. The van der Waals surface area contributed by atoms with Crippen LogP contribution in [0.2, 0.25) is 5.02 Å². The number of furan rings is 1. The van der Waals surface area contributed by atoms with E-state index in [0.29, 0.717) is 37.7 Å². The molecule has 198 valence electrons. The number of halogens is 1. The summed E-state index contributed by atoms with van der Waals surface area (Å²) in [5, 5.41) is 11.2. The van der Waals surface area contributed by atoms with Crippen LogP contribution >= 0.6 is 22.9 Å². The maximum atomic E-state index is 13.7. The van der Waals surface area contributed by atoms with Crippen LogP contribution in [0.15, 0.2) is 80.1 Å². The molecule has 1 atom stereocenters. The van der Waals surface area contributed by atoms with Gasteiger partial charge in [0.15, 0.2) is 4.80 Å². The minimum Gasteiger partial charge on any atom is -0.463 e. The van der Waals surface area contributed by atoms with Crippen molar-refractivity contribution in [2.75, 3.05) is 6.61 Å². The maximum Gasteiger partial charge on any atom is 0.338 e. The Kier molecular flexibility index (Phi) is 7.07. The number of aromatic nitrogens is 1. The molecule has 0 N–H and O–H groups in total. The van der Waals surface area contributed by atoms with Crippen LogP contribution < -0.4 is 14.9 Å². The van der Waals surface area contributed by atoms with E-state index in [1.807, 2.05) is 31.2 Å². The first kappa shape index (κ1) is 26.3. The second-order valence-electron chi connectivity index (χ2n) is 8.84. The second-order valence-corrected chi connectivity index (χ2v) is 10.3. The van der Waals surface area contributed by atoms with Crippen LogP contribution in [0.1, 0.15) is 36.8 Å². The third kappa shape index (κ3) is 4.96. The van der Waals surface area contributed by atoms with E-state index in [1.165, 1.54) is 34.1 Å². The number of nitro benzene ring substituents is 1. The van der Waals surface area contributed by atoms with Gasteiger partial charge in [-0.15, -0.1) is 0 Å². The zero-order valence-electron chi connectivity index (χ0n) is 21.1. The lowest BCUT2D eigenvalue weighted by Gasteiger charge is -2.24. The minimum absolute atomic E-state index is 0.128. The molecule has 9 nitrogen and oxygen atoms in total. The van der Waals surface area contributed by atoms with Gasteiger partial charge in [-0.3, -0.25) is 19.5 Å². The van der Waals surface area contributed by atoms with Gasteiger partial charge in [0.1, 0.15) is 11.5 Å². The molecule has 1 aliphatic heterocycles. The highest BCUT2D eigenvalue weighted by Gasteiger charge is 2.33. The zero-order valence-corrected chi connectivity index (χ0v) is 22.7. The van der Waals surface area contributed by atoms with Crippen LogP contribution in [0.4, 0.5) is 5.69 Å². The van der Waals surface area contributed by atoms with E-state index >= 15 is 0 Å². The summed E-state index contributed by atoms with van der Waals surface area (Å²) in [6.45, 7) is 5.62. The maximum absolute atomic E-state index is 13.7. The zero-order chi connectivity index (χ0) is 27.8. The van der Waals surface area contributed by atoms with Gasteiger partial charge in [-0.2, -0.15) is 0 Å². The van der Waals surface area contributed by atoms with Gasteiger partial charge in [0, 0.05) is 23.8 Å². The summed E-state index contributed by atoms with van der Waals surface area (Å²) in [5.41, 5.74) is 2.64. The van der Waals surface area contributed by atoms with E-state index in [2.05, 4.69) is 4.99 Å². The Bertz CT molecular complexity index is 1830. The largest absolute Gasteiger partial charge is 0.463 e. The van der Waals surface area contributed by atoms with E-state index in [0.717, 1.165) is 11.1 Å². The molecule has 11 heteroatoms. The fraction of sp³-hybridized carbons (Fsp3) is 0.179. The van der Waals surface area contributed by atoms with Crippen molar-refractivity contribution >= 4 is 40.7 Å². The van der Waals surface area contributed by atoms with Crippen LogP contribution in [0, 0.1) is 17.0 Å². The standard InChI is InChI=1S/C28H22ClN3O6S/c1-4-37-27(34)24-16(3)30-28-31(25(24)17-7-5-15(2)6-8-17)26(33)23(39-28)14-19-10-12-22(38-19)20-11-9-18(32(35)36)13-21(20)29/h5-14,25H,4H2,1-3H3/b23-14+/t25-/m0/s1. The van der Waals surface area contributed by atoms with Crippen molar-refractivity contribution in [2.45, 2.75) is 26.8 Å². The summed E-state index contributed by atoms with van der Waals surface area (Å²) in [5.74, 6) is 0.263. The number of esters is 1. The first-order valence-corrected chi connectivity index (χ1v) is 13.2. The van der Waals surface area contributed by atoms with Gasteiger partial charge in [-0.05, 0) is 44.5 Å². The van der Waals surface area contributed by atoms with Crippen molar-refractivity contribution in [3.05, 3.63) is 118 Å². The molecule has 4 aromatic rings. The van der Waals surface area contributed by atoms with Crippen molar-refractivity contribution in [1.82, 2.24) is 4.57 Å². The third-order valence-corrected chi connectivity index (χ3v) is 7.53. The van der Waals surface area contributed by atoms with E-state index in [1.54, 1.807) is 32.1 Å². The van der Waals surface area contributed by atoms with Gasteiger partial charge in [0.25, 0.3) is 11.2 Å². The summed E-state index contributed by atoms with van der Waals surface area (Å²) in [6, 6.07) is 14.4. The summed E-state index contributed by atoms with van der Waals surface area (Å²) < 4.78 is 13.1. The Balaban J connectivity index is 1.60. The van der Waals surface area contributed by atoms with Crippen molar-refractivity contribution in [1.29, 1.82) is 0 Å². The second kappa shape index (κ2) is 10.5. The number of fused-ring (bicyclic) bond motifs is 1. The summed E-state index contributed by atoms with van der Waals surface area (Å²) >= 11 is 7.43. The summed E-state index contributed by atoms with van der Waals surface area (Å²) in [4.78, 5) is 42.2. The lowest BCUT2D eigenvalue weighted by atomic mass is 9.95. The Morgan fingerprint density at radius 1 is 1.21 bits per heavy atom. The molecule has 0 bridgehead atoms. The molecule has 1 aliphatic rings. The SMILES string of the molecule is CCOC(=O)C1=C(C)N=c2s/c(=C/c3ccc(-c4ccc([N+](=O)[O-])cc4Cl)o3)c(=O)n2[C@H]1c1ccc(C)cc1. The Morgan fingerprint density at radius 2 is 1.95 bits per heavy atom. The molecular formula is C28H22ClN3O6S. The number of nitro groups is 1. The molecular weight excluding hydrogens is 542 g/mol. The molecule has 0 spiro atoms. The first-order chi connectivity index (χ1) is 18.7. The number of aryl methyl sites for hydroxylation is 1. The van der Waals surface area contributed by atoms with Crippen LogP contribution in [0.5, 0.6) is 0 Å². The lowest BCUT2D eigenvalue weighted by Crippen LogP contribution is -2.39. The molecule has 39 heavy (non-hydrogen) atoms. The van der Waals surface area contributed by atoms with Crippen molar-refractivity contribution in [2.24, 2.45) is 4.99 Å². The van der Waals surface area contributed by atoms with Crippen LogP contribution in [0.25, 0.3) is 17.4 Å². The molecule has 0 aliphatic carbocycles. The monoisotopic (exact) mass is 563 g/mol. The van der Waals surface area contributed by atoms with Gasteiger partial charge in [0.05, 0.1) is 38.4 Å². The number of rotatable bonds is 6. The lowest BCUT2D eigenvalue weighted by molar-refractivity contribution is -0.384. The molecule has 2 aromatic carbocycles. The van der Waals surface area contributed by atoms with E-state index in [-0.39, 0.29) is 22.9 Å². The Hall–Kier alpha value is -4.28. The molecule has 0 fully saturated rings. The number of benzene rings is 2. The van der Waals surface area contributed by atoms with E-state index < -0.39 is 16.9 Å². The number of carbonyl (C=O) groups excluding carboxylic acids is 1. The van der Waals surface area contributed by atoms with Gasteiger partial charge in [0.2, 0.25) is 0 Å². The smallest absolute Gasteiger partial charge is 0.338 e. The molecule has 3 heterocycles. The van der Waals surface area contributed by atoms with E-state index in [9.17, 15) is 19.7 Å². The summed E-state index contributed by atoms with van der Waals surface area (Å²) in [6.07, 6.45) is 1.60.